The van der Waals surface area contributed by atoms with Crippen molar-refractivity contribution in [2.75, 3.05) is 19.1 Å². The van der Waals surface area contributed by atoms with E-state index in [4.69, 9.17) is 15.6 Å². The van der Waals surface area contributed by atoms with Gasteiger partial charge in [0.2, 0.25) is 0 Å². The first kappa shape index (κ1) is 14.0. The van der Waals surface area contributed by atoms with E-state index in [2.05, 4.69) is 0 Å². The van der Waals surface area contributed by atoms with E-state index in [1.54, 1.807) is 12.1 Å². The van der Waals surface area contributed by atoms with Gasteiger partial charge in [-0.05, 0) is 24.6 Å². The highest BCUT2D eigenvalue weighted by molar-refractivity contribution is 6.09. The first-order valence-corrected chi connectivity index (χ1v) is 5.29. The van der Waals surface area contributed by atoms with Crippen LogP contribution in [0.1, 0.15) is 5.56 Å². The molecule has 3 N–H and O–H groups in total. The molecule has 6 nitrogen and oxygen atoms in total. The molecule has 0 aliphatic carbocycles. The van der Waals surface area contributed by atoms with E-state index in [9.17, 15) is 9.59 Å². The van der Waals surface area contributed by atoms with Crippen LogP contribution in [0.15, 0.2) is 18.2 Å². The minimum absolute atomic E-state index is 0.481. The highest BCUT2D eigenvalue weighted by Gasteiger charge is 2.26. The van der Waals surface area contributed by atoms with E-state index >= 15 is 0 Å². The van der Waals surface area contributed by atoms with Gasteiger partial charge >= 0.3 is 5.97 Å². The van der Waals surface area contributed by atoms with Crippen LogP contribution in [-0.2, 0) is 9.59 Å². The Morgan fingerprint density at radius 2 is 2.06 bits per heavy atom. The number of nitrogens with two attached hydrogens (primary N) is 1. The van der Waals surface area contributed by atoms with Crippen LogP contribution in [-0.4, -0.2) is 37.2 Å². The zero-order valence-corrected chi connectivity index (χ0v) is 10.5. The second-order valence-corrected chi connectivity index (χ2v) is 3.89. The molecule has 1 aromatic rings. The number of likely N-dealkylation sites (N-methyl/N-ethyl adjacent to an activating group) is 1. The van der Waals surface area contributed by atoms with E-state index in [0.29, 0.717) is 11.4 Å². The number of anilines is 1. The van der Waals surface area contributed by atoms with Gasteiger partial charge in [-0.25, -0.2) is 4.79 Å². The molecule has 0 aliphatic rings. The predicted molar refractivity (Wildman–Crippen MR) is 66.8 cm³/mol. The fourth-order valence-electron chi connectivity index (χ4n) is 1.50. The molecule has 0 bridgehead atoms. The third-order valence-electron chi connectivity index (χ3n) is 2.56. The van der Waals surface area contributed by atoms with Gasteiger partial charge in [0, 0.05) is 7.05 Å². The Morgan fingerprint density at radius 3 is 2.56 bits per heavy atom. The smallest absolute Gasteiger partial charge is 0.330 e. The van der Waals surface area contributed by atoms with Gasteiger partial charge in [0.15, 0.2) is 6.04 Å². The van der Waals surface area contributed by atoms with Gasteiger partial charge in [0.05, 0.1) is 12.8 Å². The molecule has 0 saturated carbocycles. The average Bonchev–Trinajstić information content (AvgIpc) is 2.35. The van der Waals surface area contributed by atoms with E-state index in [1.165, 1.54) is 19.1 Å². The monoisotopic (exact) mass is 252 g/mol. The summed E-state index contributed by atoms with van der Waals surface area (Å²) in [5.41, 5.74) is 6.71. The van der Waals surface area contributed by atoms with Crippen LogP contribution in [0.5, 0.6) is 5.75 Å². The molecular weight excluding hydrogens is 236 g/mol. The highest BCUT2D eigenvalue weighted by Crippen LogP contribution is 2.28. The largest absolute Gasteiger partial charge is 0.495 e. The van der Waals surface area contributed by atoms with Gasteiger partial charge in [0.25, 0.3) is 5.91 Å². The maximum atomic E-state index is 11.8. The Hall–Kier alpha value is -2.08. The van der Waals surface area contributed by atoms with Gasteiger partial charge in [-0.3, -0.25) is 4.79 Å². The number of methoxy groups -OCH3 is 1. The Labute approximate surface area is 105 Å². The summed E-state index contributed by atoms with van der Waals surface area (Å²) in [6.45, 7) is 1.86. The van der Waals surface area contributed by atoms with Crippen LogP contribution in [0.25, 0.3) is 0 Å². The number of carboxylic acids is 1. The van der Waals surface area contributed by atoms with Crippen molar-refractivity contribution in [3.05, 3.63) is 23.8 Å². The number of carboxylic acid groups (broad SMARTS) is 1. The maximum Gasteiger partial charge on any atom is 0.330 e. The number of carbonyl (C=O) groups excluding carboxylic acids is 1. The fourth-order valence-corrected chi connectivity index (χ4v) is 1.50. The van der Waals surface area contributed by atoms with Crippen LogP contribution >= 0.6 is 0 Å². The molecular formula is C12H16N2O4. The summed E-state index contributed by atoms with van der Waals surface area (Å²) in [6, 6.07) is 3.68. The fraction of sp³-hybridized carbons (Fsp3) is 0.333. The van der Waals surface area contributed by atoms with Crippen LogP contribution in [0, 0.1) is 6.92 Å². The van der Waals surface area contributed by atoms with E-state index in [1.807, 2.05) is 13.0 Å². The molecule has 1 amide bonds. The lowest BCUT2D eigenvalue weighted by Crippen LogP contribution is -2.47. The molecule has 0 aliphatic heterocycles. The van der Waals surface area contributed by atoms with Crippen molar-refractivity contribution in [2.24, 2.45) is 5.73 Å². The summed E-state index contributed by atoms with van der Waals surface area (Å²) < 4.78 is 5.13. The Morgan fingerprint density at radius 1 is 1.44 bits per heavy atom. The Bertz CT molecular complexity index is 473. The summed E-state index contributed by atoms with van der Waals surface area (Å²) in [5, 5.41) is 8.73. The van der Waals surface area contributed by atoms with Crippen molar-refractivity contribution in [1.82, 2.24) is 0 Å². The molecule has 0 fully saturated rings. The number of benzene rings is 1. The van der Waals surface area contributed by atoms with Gasteiger partial charge in [-0.1, -0.05) is 6.07 Å². The van der Waals surface area contributed by atoms with Gasteiger partial charge < -0.3 is 20.5 Å². The molecule has 0 spiro atoms. The SMILES string of the molecule is COc1ccc(C)cc1N(C)C(=O)C(N)C(=O)O. The summed E-state index contributed by atoms with van der Waals surface area (Å²) >= 11 is 0. The third kappa shape index (κ3) is 2.78. The van der Waals surface area contributed by atoms with Gasteiger partial charge in [-0.15, -0.1) is 0 Å². The second kappa shape index (κ2) is 5.50. The minimum atomic E-state index is -1.58. The molecule has 98 valence electrons. The number of nitrogens with zero attached hydrogens (tertiary/aromatic N) is 1. The lowest BCUT2D eigenvalue weighted by Gasteiger charge is -2.22. The molecule has 18 heavy (non-hydrogen) atoms. The van der Waals surface area contributed by atoms with Crippen molar-refractivity contribution >= 4 is 17.6 Å². The lowest BCUT2D eigenvalue weighted by molar-refractivity contribution is -0.142. The Kier molecular flexibility index (Phi) is 4.28. The normalized spacial score (nSPS) is 11.8. The Balaban J connectivity index is 3.10. The molecule has 1 atom stereocenters. The van der Waals surface area contributed by atoms with Gasteiger partial charge in [-0.2, -0.15) is 0 Å². The zero-order chi connectivity index (χ0) is 13.9. The number of amides is 1. The van der Waals surface area contributed by atoms with Gasteiger partial charge in [0.1, 0.15) is 5.75 Å². The number of hydrogen-bond donors (Lipinski definition) is 2. The minimum Gasteiger partial charge on any atom is -0.495 e. The third-order valence-corrected chi connectivity index (χ3v) is 2.56. The summed E-state index contributed by atoms with van der Waals surface area (Å²) in [5.74, 6) is -1.58. The lowest BCUT2D eigenvalue weighted by atomic mass is 10.1. The molecule has 6 heteroatoms. The van der Waals surface area contributed by atoms with Crippen molar-refractivity contribution < 1.29 is 19.4 Å². The van der Waals surface area contributed by atoms with Crippen molar-refractivity contribution in [3.63, 3.8) is 0 Å². The molecule has 1 unspecified atom stereocenters. The highest BCUT2D eigenvalue weighted by atomic mass is 16.5. The van der Waals surface area contributed by atoms with Crippen molar-refractivity contribution in [1.29, 1.82) is 0 Å². The first-order chi connectivity index (χ1) is 8.38. The summed E-state index contributed by atoms with van der Waals surface area (Å²) in [4.78, 5) is 23.7. The molecule has 0 heterocycles. The quantitative estimate of drug-likeness (QED) is 0.755. The van der Waals surface area contributed by atoms with E-state index in [0.717, 1.165) is 5.56 Å². The van der Waals surface area contributed by atoms with Crippen molar-refractivity contribution in [3.8, 4) is 5.75 Å². The van der Waals surface area contributed by atoms with Crippen LogP contribution < -0.4 is 15.4 Å². The first-order valence-electron chi connectivity index (χ1n) is 5.29. The number of rotatable bonds is 4. The summed E-state index contributed by atoms with van der Waals surface area (Å²) in [7, 11) is 2.94. The number of carbonyl (C=O) groups is 2. The number of ether oxygens (including phenoxy) is 1. The summed E-state index contributed by atoms with van der Waals surface area (Å²) in [6.07, 6.45) is 0. The molecule has 0 aromatic heterocycles. The van der Waals surface area contributed by atoms with Crippen LogP contribution in [0.4, 0.5) is 5.69 Å². The average molecular weight is 252 g/mol. The molecule has 1 aromatic carbocycles. The standard InChI is InChI=1S/C12H16N2O4/c1-7-4-5-9(18-3)8(6-7)14(2)11(15)10(13)12(16)17/h4-6,10H,13H2,1-3H3,(H,16,17). The number of aliphatic carboxylic acids is 1. The zero-order valence-electron chi connectivity index (χ0n) is 10.5. The second-order valence-electron chi connectivity index (χ2n) is 3.89. The van der Waals surface area contributed by atoms with Crippen molar-refractivity contribution in [2.45, 2.75) is 13.0 Å². The topological polar surface area (TPSA) is 92.9 Å². The molecule has 0 saturated heterocycles. The molecule has 0 radical (unpaired) electrons. The molecule has 1 rings (SSSR count). The maximum absolute atomic E-state index is 11.8. The number of aryl methyl sites for hydroxylation is 1. The van der Waals surface area contributed by atoms with Crippen LogP contribution in [0.3, 0.4) is 0 Å². The van der Waals surface area contributed by atoms with E-state index in [-0.39, 0.29) is 0 Å². The van der Waals surface area contributed by atoms with E-state index < -0.39 is 17.9 Å². The number of hydrogen-bond acceptors (Lipinski definition) is 4. The predicted octanol–water partition coefficient (Wildman–Crippen LogP) is 0.378. The van der Waals surface area contributed by atoms with Crippen LogP contribution in [0.2, 0.25) is 0 Å².